The van der Waals surface area contributed by atoms with Crippen LogP contribution in [0.5, 0.6) is 5.75 Å². The minimum Gasteiger partial charge on any atom is -0.494 e. The largest absolute Gasteiger partial charge is 0.494 e. The van der Waals surface area contributed by atoms with Crippen molar-refractivity contribution in [1.82, 2.24) is 14.9 Å². The van der Waals surface area contributed by atoms with Crippen LogP contribution in [0, 0.1) is 11.6 Å². The molecule has 0 spiro atoms. The molecule has 0 saturated carbocycles. The van der Waals surface area contributed by atoms with Crippen LogP contribution < -0.4 is 16.2 Å². The number of nitrogens with two attached hydrogens (primary N) is 2. The molecule has 2 heterocycles. The monoisotopic (exact) mass is 474 g/mol. The van der Waals surface area contributed by atoms with Crippen LogP contribution in [0.25, 0.3) is 22.0 Å². The Morgan fingerprint density at radius 2 is 1.83 bits per heavy atom. The molecule has 9 heteroatoms. The zero-order chi connectivity index (χ0) is 24.5. The van der Waals surface area contributed by atoms with Gasteiger partial charge in [-0.3, -0.25) is 4.90 Å². The van der Waals surface area contributed by atoms with E-state index in [0.29, 0.717) is 47.0 Å². The van der Waals surface area contributed by atoms with Gasteiger partial charge in [0.2, 0.25) is 5.95 Å². The lowest BCUT2D eigenvalue weighted by Crippen LogP contribution is -2.37. The lowest BCUT2D eigenvalue weighted by atomic mass is 9.94. The van der Waals surface area contributed by atoms with E-state index >= 15 is 0 Å². The standard InChI is InChI=1S/C26H24F2N6O/c1-35-22-4-2-3-19-24(22)32-26(30)33-25(19)31-23(29)14-34-10-9-15-5-6-16(11-18(15)13-34)17-7-8-20(27)21(28)12-17/h2-8,11-12H,9-10,13-14H2,1H3,(H4,29,30,31,32,33). The van der Waals surface area contributed by atoms with Crippen molar-refractivity contribution in [2.45, 2.75) is 13.0 Å². The minimum atomic E-state index is -0.860. The second-order valence-corrected chi connectivity index (χ2v) is 8.44. The first kappa shape index (κ1) is 22.7. The lowest BCUT2D eigenvalue weighted by molar-refractivity contribution is 0.289. The van der Waals surface area contributed by atoms with Crippen LogP contribution in [0.2, 0.25) is 0 Å². The van der Waals surface area contributed by atoms with E-state index in [0.717, 1.165) is 30.2 Å². The third kappa shape index (κ3) is 4.63. The van der Waals surface area contributed by atoms with Gasteiger partial charge in [-0.25, -0.2) is 18.8 Å². The number of amidine groups is 1. The topological polar surface area (TPSA) is 103 Å². The second-order valence-electron chi connectivity index (χ2n) is 8.44. The highest BCUT2D eigenvalue weighted by Gasteiger charge is 2.19. The highest BCUT2D eigenvalue weighted by Crippen LogP contribution is 2.31. The Morgan fingerprint density at radius 1 is 1.03 bits per heavy atom. The molecule has 0 bridgehead atoms. The van der Waals surface area contributed by atoms with Crippen molar-refractivity contribution >= 4 is 28.5 Å². The highest BCUT2D eigenvalue weighted by molar-refractivity contribution is 5.96. The first-order valence-electron chi connectivity index (χ1n) is 11.1. The zero-order valence-electron chi connectivity index (χ0n) is 19.1. The number of nitrogens with zero attached hydrogens (tertiary/aromatic N) is 4. The number of ether oxygens (including phenoxy) is 1. The van der Waals surface area contributed by atoms with Gasteiger partial charge in [0.1, 0.15) is 17.1 Å². The van der Waals surface area contributed by atoms with Gasteiger partial charge in [0, 0.05) is 18.5 Å². The van der Waals surface area contributed by atoms with E-state index in [9.17, 15) is 8.78 Å². The van der Waals surface area contributed by atoms with Crippen molar-refractivity contribution < 1.29 is 13.5 Å². The molecule has 7 nitrogen and oxygen atoms in total. The molecule has 3 aromatic carbocycles. The summed E-state index contributed by atoms with van der Waals surface area (Å²) in [5, 5.41) is 0.696. The number of aliphatic imine (C=N–C) groups is 1. The van der Waals surface area contributed by atoms with E-state index in [1.54, 1.807) is 19.2 Å². The number of aromatic nitrogens is 2. The number of hydrogen-bond donors (Lipinski definition) is 2. The number of nitrogen functional groups attached to an aromatic ring is 1. The number of halogens is 2. The number of methoxy groups -OCH3 is 1. The molecular formula is C26H24F2N6O. The fraction of sp³-hybridized carbons (Fsp3) is 0.192. The molecule has 0 fully saturated rings. The quantitative estimate of drug-likeness (QED) is 0.332. The Morgan fingerprint density at radius 3 is 2.63 bits per heavy atom. The molecule has 1 aromatic heterocycles. The molecule has 0 aliphatic carbocycles. The van der Waals surface area contributed by atoms with Crippen LogP contribution in [0.4, 0.5) is 20.5 Å². The summed E-state index contributed by atoms with van der Waals surface area (Å²) in [6, 6.07) is 15.4. The second kappa shape index (κ2) is 9.27. The fourth-order valence-corrected chi connectivity index (χ4v) is 4.38. The van der Waals surface area contributed by atoms with E-state index in [-0.39, 0.29) is 5.95 Å². The smallest absolute Gasteiger partial charge is 0.222 e. The molecule has 4 N–H and O–H groups in total. The Bertz CT molecular complexity index is 1460. The predicted molar refractivity (Wildman–Crippen MR) is 133 cm³/mol. The van der Waals surface area contributed by atoms with Crippen LogP contribution in [-0.2, 0) is 13.0 Å². The molecular weight excluding hydrogens is 450 g/mol. The van der Waals surface area contributed by atoms with E-state index in [2.05, 4.69) is 19.9 Å². The van der Waals surface area contributed by atoms with Gasteiger partial charge in [0.25, 0.3) is 0 Å². The Balaban J connectivity index is 1.38. The third-order valence-electron chi connectivity index (χ3n) is 6.09. The summed E-state index contributed by atoms with van der Waals surface area (Å²) in [5.74, 6) is -0.263. The summed E-state index contributed by atoms with van der Waals surface area (Å²) < 4.78 is 32.4. The van der Waals surface area contributed by atoms with Gasteiger partial charge in [-0.05, 0) is 59.0 Å². The number of hydrogen-bond acceptors (Lipinski definition) is 6. The van der Waals surface area contributed by atoms with Gasteiger partial charge in [-0.1, -0.05) is 24.3 Å². The van der Waals surface area contributed by atoms with Crippen molar-refractivity contribution in [2.24, 2.45) is 10.7 Å². The molecule has 0 saturated heterocycles. The van der Waals surface area contributed by atoms with Crippen molar-refractivity contribution in [3.05, 3.63) is 77.4 Å². The lowest BCUT2D eigenvalue weighted by Gasteiger charge is -2.28. The first-order chi connectivity index (χ1) is 16.9. The third-order valence-corrected chi connectivity index (χ3v) is 6.09. The maximum atomic E-state index is 13.7. The van der Waals surface area contributed by atoms with Crippen molar-refractivity contribution in [3.8, 4) is 16.9 Å². The van der Waals surface area contributed by atoms with Gasteiger partial charge in [-0.15, -0.1) is 0 Å². The number of rotatable bonds is 5. The Kier molecular flexibility index (Phi) is 6.00. The fourth-order valence-electron chi connectivity index (χ4n) is 4.38. The number of para-hydroxylation sites is 1. The molecule has 4 aromatic rings. The Hall–Kier alpha value is -4.11. The SMILES string of the molecule is COc1cccc2c(N=C(N)CN3CCc4ccc(-c5ccc(F)c(F)c5)cc4C3)nc(N)nc12. The predicted octanol–water partition coefficient (Wildman–Crippen LogP) is 4.21. The summed E-state index contributed by atoms with van der Waals surface area (Å²) >= 11 is 0. The van der Waals surface area contributed by atoms with Crippen molar-refractivity contribution in [3.63, 3.8) is 0 Å². The van der Waals surface area contributed by atoms with E-state index in [4.69, 9.17) is 16.2 Å². The molecule has 0 atom stereocenters. The van der Waals surface area contributed by atoms with E-state index in [1.807, 2.05) is 30.3 Å². The molecule has 0 radical (unpaired) electrons. The molecule has 1 aliphatic heterocycles. The summed E-state index contributed by atoms with van der Waals surface area (Å²) in [5.41, 5.74) is 16.6. The zero-order valence-corrected chi connectivity index (χ0v) is 19.1. The number of fused-ring (bicyclic) bond motifs is 2. The van der Waals surface area contributed by atoms with E-state index in [1.165, 1.54) is 11.6 Å². The molecule has 35 heavy (non-hydrogen) atoms. The average molecular weight is 475 g/mol. The maximum absolute atomic E-state index is 13.7. The Labute approximate surface area is 201 Å². The van der Waals surface area contributed by atoms with Gasteiger partial charge in [-0.2, -0.15) is 4.98 Å². The van der Waals surface area contributed by atoms with Crippen LogP contribution in [-0.4, -0.2) is 40.9 Å². The average Bonchev–Trinajstić information content (AvgIpc) is 2.84. The highest BCUT2D eigenvalue weighted by atomic mass is 19.2. The normalized spacial score (nSPS) is 14.2. The van der Waals surface area contributed by atoms with Crippen LogP contribution in [0.1, 0.15) is 11.1 Å². The van der Waals surface area contributed by atoms with Crippen LogP contribution in [0.3, 0.4) is 0 Å². The van der Waals surface area contributed by atoms with Gasteiger partial charge in [0.15, 0.2) is 17.5 Å². The summed E-state index contributed by atoms with van der Waals surface area (Å²) in [6.07, 6.45) is 0.848. The summed E-state index contributed by atoms with van der Waals surface area (Å²) in [7, 11) is 1.57. The van der Waals surface area contributed by atoms with Crippen LogP contribution >= 0.6 is 0 Å². The van der Waals surface area contributed by atoms with Crippen LogP contribution in [0.15, 0.2) is 59.6 Å². The van der Waals surface area contributed by atoms with Gasteiger partial charge in [0.05, 0.1) is 13.7 Å². The van der Waals surface area contributed by atoms with E-state index < -0.39 is 11.6 Å². The molecule has 0 unspecified atom stereocenters. The molecule has 5 rings (SSSR count). The number of benzene rings is 3. The summed E-state index contributed by atoms with van der Waals surface area (Å²) in [4.78, 5) is 15.3. The molecule has 0 amide bonds. The van der Waals surface area contributed by atoms with Gasteiger partial charge < -0.3 is 16.2 Å². The first-order valence-corrected chi connectivity index (χ1v) is 11.1. The van der Waals surface area contributed by atoms with Gasteiger partial charge >= 0.3 is 0 Å². The van der Waals surface area contributed by atoms with Crippen molar-refractivity contribution in [1.29, 1.82) is 0 Å². The minimum absolute atomic E-state index is 0.0882. The number of anilines is 1. The maximum Gasteiger partial charge on any atom is 0.222 e. The summed E-state index contributed by atoms with van der Waals surface area (Å²) in [6.45, 7) is 1.90. The molecule has 178 valence electrons. The van der Waals surface area contributed by atoms with Crippen molar-refractivity contribution in [2.75, 3.05) is 25.9 Å². The molecule has 1 aliphatic rings.